The highest BCUT2D eigenvalue weighted by atomic mass is 16.5. The summed E-state index contributed by atoms with van der Waals surface area (Å²) in [6.45, 7) is 4.31. The number of para-hydroxylation sites is 1. The number of aryl methyl sites for hydroxylation is 1. The fourth-order valence-electron chi connectivity index (χ4n) is 3.05. The van der Waals surface area contributed by atoms with Crippen LogP contribution in [0.1, 0.15) is 31.0 Å². The smallest absolute Gasteiger partial charge is 0.254 e. The first kappa shape index (κ1) is 17.0. The van der Waals surface area contributed by atoms with Gasteiger partial charge < -0.3 is 15.0 Å². The van der Waals surface area contributed by atoms with E-state index in [-0.39, 0.29) is 11.8 Å². The van der Waals surface area contributed by atoms with Gasteiger partial charge in [0.05, 0.1) is 6.54 Å². The number of carbonyl (C=O) groups excluding carboxylic acids is 2. The van der Waals surface area contributed by atoms with Gasteiger partial charge in [-0.15, -0.1) is 0 Å². The van der Waals surface area contributed by atoms with E-state index in [1.54, 1.807) is 4.90 Å². The lowest BCUT2D eigenvalue weighted by molar-refractivity contribution is -0.126. The predicted octanol–water partition coefficient (Wildman–Crippen LogP) is 2.85. The van der Waals surface area contributed by atoms with Crippen LogP contribution in [0.3, 0.4) is 0 Å². The van der Waals surface area contributed by atoms with Gasteiger partial charge in [0.25, 0.3) is 5.91 Å². The summed E-state index contributed by atoms with van der Waals surface area (Å²) in [7, 11) is 0. The van der Waals surface area contributed by atoms with Gasteiger partial charge in [0.1, 0.15) is 18.4 Å². The maximum atomic E-state index is 12.8. The molecule has 0 bridgehead atoms. The van der Waals surface area contributed by atoms with Crippen LogP contribution in [0, 0.1) is 0 Å². The predicted molar refractivity (Wildman–Crippen MR) is 96.7 cm³/mol. The molecule has 0 aromatic heterocycles. The van der Waals surface area contributed by atoms with Crippen molar-refractivity contribution in [2.75, 3.05) is 18.1 Å². The lowest BCUT2D eigenvalue weighted by atomic mass is 10.0. The van der Waals surface area contributed by atoms with Crippen molar-refractivity contribution in [3.05, 3.63) is 59.7 Å². The Hall–Kier alpha value is -2.82. The monoisotopic (exact) mass is 338 g/mol. The third-order valence-electron chi connectivity index (χ3n) is 4.29. The number of nitrogens with one attached hydrogen (secondary N) is 1. The highest BCUT2D eigenvalue weighted by Crippen LogP contribution is 2.36. The fourth-order valence-corrected chi connectivity index (χ4v) is 3.05. The van der Waals surface area contributed by atoms with Crippen molar-refractivity contribution in [1.82, 2.24) is 5.32 Å². The quantitative estimate of drug-likeness (QED) is 0.881. The highest BCUT2D eigenvalue weighted by molar-refractivity contribution is 6.06. The molecular formula is C20H22N2O3. The molecule has 0 aliphatic carbocycles. The van der Waals surface area contributed by atoms with Crippen molar-refractivity contribution in [3.63, 3.8) is 0 Å². The normalized spacial score (nSPS) is 15.8. The molecule has 130 valence electrons. The Labute approximate surface area is 147 Å². The molecule has 25 heavy (non-hydrogen) atoms. The van der Waals surface area contributed by atoms with Crippen LogP contribution in [0.2, 0.25) is 0 Å². The number of nitrogens with zero attached hydrogens (tertiary/aromatic N) is 1. The van der Waals surface area contributed by atoms with E-state index in [0.717, 1.165) is 29.0 Å². The number of anilines is 1. The van der Waals surface area contributed by atoms with Crippen LogP contribution in [0.5, 0.6) is 5.75 Å². The molecule has 2 aromatic carbocycles. The molecular weight excluding hydrogens is 316 g/mol. The van der Waals surface area contributed by atoms with Gasteiger partial charge in [-0.2, -0.15) is 0 Å². The minimum absolute atomic E-state index is 0.116. The van der Waals surface area contributed by atoms with E-state index < -0.39 is 6.04 Å². The lowest BCUT2D eigenvalue weighted by Crippen LogP contribution is -2.38. The zero-order chi connectivity index (χ0) is 17.8. The molecule has 0 saturated carbocycles. The zero-order valence-electron chi connectivity index (χ0n) is 14.5. The molecule has 1 heterocycles. The molecule has 5 nitrogen and oxygen atoms in total. The number of fused-ring (bicyclic) bond motifs is 1. The van der Waals surface area contributed by atoms with Crippen molar-refractivity contribution in [2.24, 2.45) is 0 Å². The topological polar surface area (TPSA) is 58.6 Å². The first-order valence-corrected chi connectivity index (χ1v) is 8.49. The van der Waals surface area contributed by atoms with Crippen LogP contribution >= 0.6 is 0 Å². The molecule has 1 N–H and O–H groups in total. The standard InChI is InChI=1S/C20H22N2O3/c1-3-15-9-10-18-17(13-15)19(21-14(2)23)20(24)22(18)11-12-25-16-7-5-4-6-8-16/h4-10,13,19H,3,11-12H2,1-2H3,(H,21,23)/t19-/m0/s1. The third kappa shape index (κ3) is 3.65. The van der Waals surface area contributed by atoms with Crippen LogP contribution in [-0.4, -0.2) is 25.0 Å². The fraction of sp³-hybridized carbons (Fsp3) is 0.300. The number of hydrogen-bond acceptors (Lipinski definition) is 3. The zero-order valence-corrected chi connectivity index (χ0v) is 14.5. The number of ether oxygens (including phenoxy) is 1. The SMILES string of the molecule is CCc1ccc2c(c1)[C@H](NC(C)=O)C(=O)N2CCOc1ccccc1. The molecule has 0 unspecified atom stereocenters. The summed E-state index contributed by atoms with van der Waals surface area (Å²) in [5, 5.41) is 2.77. The van der Waals surface area contributed by atoms with Crippen molar-refractivity contribution in [2.45, 2.75) is 26.3 Å². The summed E-state index contributed by atoms with van der Waals surface area (Å²) in [4.78, 5) is 26.0. The van der Waals surface area contributed by atoms with Crippen molar-refractivity contribution >= 4 is 17.5 Å². The van der Waals surface area contributed by atoms with E-state index >= 15 is 0 Å². The van der Waals surface area contributed by atoms with Gasteiger partial charge in [-0.25, -0.2) is 0 Å². The number of hydrogen-bond donors (Lipinski definition) is 1. The van der Waals surface area contributed by atoms with Crippen LogP contribution in [0.15, 0.2) is 48.5 Å². The molecule has 3 rings (SSSR count). The summed E-state index contributed by atoms with van der Waals surface area (Å²) < 4.78 is 5.71. The van der Waals surface area contributed by atoms with Gasteiger partial charge >= 0.3 is 0 Å². The number of amides is 2. The molecule has 1 atom stereocenters. The third-order valence-corrected chi connectivity index (χ3v) is 4.29. The summed E-state index contributed by atoms with van der Waals surface area (Å²) >= 11 is 0. The number of carbonyl (C=O) groups is 2. The Morgan fingerprint density at radius 2 is 1.96 bits per heavy atom. The van der Waals surface area contributed by atoms with Crippen LogP contribution in [0.25, 0.3) is 0 Å². The summed E-state index contributed by atoms with van der Waals surface area (Å²) in [5.41, 5.74) is 2.85. The first-order chi connectivity index (χ1) is 12.1. The Kier molecular flexibility index (Phi) is 5.03. The van der Waals surface area contributed by atoms with Gasteiger partial charge in [0.2, 0.25) is 5.91 Å². The highest BCUT2D eigenvalue weighted by Gasteiger charge is 2.37. The first-order valence-electron chi connectivity index (χ1n) is 8.49. The second-order valence-electron chi connectivity index (χ2n) is 6.03. The van der Waals surface area contributed by atoms with Gasteiger partial charge in [-0.1, -0.05) is 37.3 Å². The molecule has 0 radical (unpaired) electrons. The maximum Gasteiger partial charge on any atom is 0.254 e. The van der Waals surface area contributed by atoms with E-state index in [0.29, 0.717) is 13.2 Å². The van der Waals surface area contributed by atoms with Crippen LogP contribution in [-0.2, 0) is 16.0 Å². The summed E-state index contributed by atoms with van der Waals surface area (Å²) in [6, 6.07) is 14.9. The van der Waals surface area contributed by atoms with E-state index in [4.69, 9.17) is 4.74 Å². The summed E-state index contributed by atoms with van der Waals surface area (Å²) in [6.07, 6.45) is 0.880. The number of benzene rings is 2. The summed E-state index contributed by atoms with van der Waals surface area (Å²) in [5.74, 6) is 0.442. The second-order valence-corrected chi connectivity index (χ2v) is 6.03. The van der Waals surface area contributed by atoms with Gasteiger partial charge in [0.15, 0.2) is 0 Å². The van der Waals surface area contributed by atoms with Gasteiger partial charge in [0, 0.05) is 18.2 Å². The Balaban J connectivity index is 1.78. The van der Waals surface area contributed by atoms with E-state index in [1.807, 2.05) is 48.5 Å². The van der Waals surface area contributed by atoms with E-state index in [9.17, 15) is 9.59 Å². The molecule has 1 aliphatic heterocycles. The van der Waals surface area contributed by atoms with Crippen LogP contribution < -0.4 is 15.0 Å². The Bertz CT molecular complexity index is 774. The van der Waals surface area contributed by atoms with Crippen molar-refractivity contribution < 1.29 is 14.3 Å². The second kappa shape index (κ2) is 7.38. The van der Waals surface area contributed by atoms with E-state index in [1.165, 1.54) is 6.92 Å². The molecule has 2 aromatic rings. The van der Waals surface area contributed by atoms with Gasteiger partial charge in [-0.05, 0) is 30.2 Å². The molecule has 2 amide bonds. The molecule has 5 heteroatoms. The number of rotatable bonds is 6. The average molecular weight is 338 g/mol. The maximum absolute atomic E-state index is 12.8. The Morgan fingerprint density at radius 3 is 2.64 bits per heavy atom. The van der Waals surface area contributed by atoms with Crippen LogP contribution in [0.4, 0.5) is 5.69 Å². The average Bonchev–Trinajstić information content (AvgIpc) is 2.87. The van der Waals surface area contributed by atoms with E-state index in [2.05, 4.69) is 12.2 Å². The molecule has 1 aliphatic rings. The molecule has 0 spiro atoms. The molecule has 0 fully saturated rings. The minimum atomic E-state index is -0.615. The van der Waals surface area contributed by atoms with Crippen molar-refractivity contribution in [3.8, 4) is 5.75 Å². The molecule has 0 saturated heterocycles. The largest absolute Gasteiger partial charge is 0.492 e. The van der Waals surface area contributed by atoms with Gasteiger partial charge in [-0.3, -0.25) is 9.59 Å². The Morgan fingerprint density at radius 1 is 1.20 bits per heavy atom. The lowest BCUT2D eigenvalue weighted by Gasteiger charge is -2.18. The minimum Gasteiger partial charge on any atom is -0.492 e. The van der Waals surface area contributed by atoms with Crippen molar-refractivity contribution in [1.29, 1.82) is 0 Å².